The molecule has 4 nitrogen and oxygen atoms in total. The van der Waals surface area contributed by atoms with E-state index in [1.165, 1.54) is 6.07 Å². The summed E-state index contributed by atoms with van der Waals surface area (Å²) in [5.74, 6) is -0.568. The fraction of sp³-hybridized carbons (Fsp3) is 0.0667. The highest BCUT2D eigenvalue weighted by atomic mass is 16.4. The van der Waals surface area contributed by atoms with Crippen molar-refractivity contribution in [3.05, 3.63) is 53.6 Å². The van der Waals surface area contributed by atoms with E-state index in [0.717, 1.165) is 11.1 Å². The molecule has 94 valence electrons. The summed E-state index contributed by atoms with van der Waals surface area (Å²) in [4.78, 5) is 15.4. The molecule has 0 bridgehead atoms. The van der Waals surface area contributed by atoms with Crippen molar-refractivity contribution in [3.63, 3.8) is 0 Å². The third-order valence-electron chi connectivity index (χ3n) is 2.91. The SMILES string of the molecule is Cc1cccc(-c2nc3c(C(=O)O)cccc3o2)c1. The monoisotopic (exact) mass is 253 g/mol. The Kier molecular flexibility index (Phi) is 2.56. The third kappa shape index (κ3) is 1.97. The number of carboxylic acid groups (broad SMARTS) is 1. The quantitative estimate of drug-likeness (QED) is 0.759. The van der Waals surface area contributed by atoms with Gasteiger partial charge in [-0.1, -0.05) is 23.8 Å². The first-order chi connectivity index (χ1) is 9.15. The number of rotatable bonds is 2. The van der Waals surface area contributed by atoms with E-state index in [1.54, 1.807) is 12.1 Å². The molecule has 0 saturated heterocycles. The molecular weight excluding hydrogens is 242 g/mol. The molecular formula is C15H11NO3. The molecule has 0 spiro atoms. The summed E-state index contributed by atoms with van der Waals surface area (Å²) < 4.78 is 5.63. The van der Waals surface area contributed by atoms with Gasteiger partial charge in [0, 0.05) is 5.56 Å². The molecule has 3 aromatic rings. The minimum atomic E-state index is -1.00. The molecule has 0 aliphatic heterocycles. The lowest BCUT2D eigenvalue weighted by Gasteiger charge is -1.95. The summed E-state index contributed by atoms with van der Waals surface area (Å²) in [5.41, 5.74) is 2.95. The molecule has 2 aromatic carbocycles. The lowest BCUT2D eigenvalue weighted by atomic mass is 10.1. The molecule has 0 saturated carbocycles. The molecule has 0 fully saturated rings. The van der Waals surface area contributed by atoms with Gasteiger partial charge in [0.1, 0.15) is 5.52 Å². The molecule has 0 amide bonds. The Morgan fingerprint density at radius 3 is 2.74 bits per heavy atom. The zero-order chi connectivity index (χ0) is 13.4. The average Bonchev–Trinajstić information content (AvgIpc) is 2.82. The highest BCUT2D eigenvalue weighted by Crippen LogP contribution is 2.26. The van der Waals surface area contributed by atoms with Crippen molar-refractivity contribution in [3.8, 4) is 11.5 Å². The van der Waals surface area contributed by atoms with E-state index in [2.05, 4.69) is 4.98 Å². The van der Waals surface area contributed by atoms with Gasteiger partial charge in [-0.15, -0.1) is 0 Å². The molecule has 1 heterocycles. The summed E-state index contributed by atoms with van der Waals surface area (Å²) >= 11 is 0. The first-order valence-corrected chi connectivity index (χ1v) is 5.85. The minimum Gasteiger partial charge on any atom is -0.478 e. The van der Waals surface area contributed by atoms with Gasteiger partial charge in [-0.05, 0) is 31.2 Å². The second-order valence-corrected chi connectivity index (χ2v) is 4.35. The smallest absolute Gasteiger partial charge is 0.338 e. The van der Waals surface area contributed by atoms with Crippen LogP contribution >= 0.6 is 0 Å². The number of hydrogen-bond acceptors (Lipinski definition) is 3. The number of hydrogen-bond donors (Lipinski definition) is 1. The molecule has 0 radical (unpaired) electrons. The fourth-order valence-corrected chi connectivity index (χ4v) is 2.02. The van der Waals surface area contributed by atoms with Gasteiger partial charge in [-0.2, -0.15) is 0 Å². The number of para-hydroxylation sites is 1. The summed E-state index contributed by atoms with van der Waals surface area (Å²) in [7, 11) is 0. The van der Waals surface area contributed by atoms with Gasteiger partial charge in [0.05, 0.1) is 5.56 Å². The van der Waals surface area contributed by atoms with Crippen LogP contribution in [0.3, 0.4) is 0 Å². The van der Waals surface area contributed by atoms with Crippen LogP contribution in [0.1, 0.15) is 15.9 Å². The Morgan fingerprint density at radius 2 is 2.00 bits per heavy atom. The van der Waals surface area contributed by atoms with Gasteiger partial charge >= 0.3 is 5.97 Å². The Morgan fingerprint density at radius 1 is 1.21 bits per heavy atom. The predicted octanol–water partition coefficient (Wildman–Crippen LogP) is 3.50. The van der Waals surface area contributed by atoms with Crippen LogP contribution < -0.4 is 0 Å². The zero-order valence-corrected chi connectivity index (χ0v) is 10.3. The maximum Gasteiger partial charge on any atom is 0.338 e. The molecule has 3 rings (SSSR count). The van der Waals surface area contributed by atoms with Crippen molar-refractivity contribution in [2.24, 2.45) is 0 Å². The number of benzene rings is 2. The maximum atomic E-state index is 11.1. The number of carboxylic acids is 1. The molecule has 0 aliphatic carbocycles. The van der Waals surface area contributed by atoms with E-state index in [-0.39, 0.29) is 5.56 Å². The maximum absolute atomic E-state index is 11.1. The van der Waals surface area contributed by atoms with Crippen LogP contribution in [-0.4, -0.2) is 16.1 Å². The van der Waals surface area contributed by atoms with Crippen molar-refractivity contribution in [2.75, 3.05) is 0 Å². The lowest BCUT2D eigenvalue weighted by Crippen LogP contribution is -1.96. The van der Waals surface area contributed by atoms with Crippen molar-refractivity contribution in [2.45, 2.75) is 6.92 Å². The summed E-state index contributed by atoms with van der Waals surface area (Å²) in [6.45, 7) is 1.98. The van der Waals surface area contributed by atoms with Crippen molar-refractivity contribution in [1.29, 1.82) is 0 Å². The first-order valence-electron chi connectivity index (χ1n) is 5.85. The second-order valence-electron chi connectivity index (χ2n) is 4.35. The van der Waals surface area contributed by atoms with Crippen molar-refractivity contribution < 1.29 is 14.3 Å². The highest BCUT2D eigenvalue weighted by Gasteiger charge is 2.15. The van der Waals surface area contributed by atoms with E-state index in [1.807, 2.05) is 31.2 Å². The Bertz CT molecular complexity index is 774. The van der Waals surface area contributed by atoms with Crippen molar-refractivity contribution in [1.82, 2.24) is 4.98 Å². The van der Waals surface area contributed by atoms with Crippen molar-refractivity contribution >= 4 is 17.1 Å². The van der Waals surface area contributed by atoms with Gasteiger partial charge in [-0.3, -0.25) is 0 Å². The number of carbonyl (C=O) groups is 1. The normalized spacial score (nSPS) is 10.8. The molecule has 1 aromatic heterocycles. The average molecular weight is 253 g/mol. The van der Waals surface area contributed by atoms with Crippen LogP contribution in [0.25, 0.3) is 22.6 Å². The standard InChI is InChI=1S/C15H11NO3/c1-9-4-2-5-10(8-9)14-16-13-11(15(17)18)6-3-7-12(13)19-14/h2-8H,1H3,(H,17,18). The molecule has 0 unspecified atom stereocenters. The van der Waals surface area contributed by atoms with E-state index in [0.29, 0.717) is 17.0 Å². The Balaban J connectivity index is 2.22. The predicted molar refractivity (Wildman–Crippen MR) is 71.1 cm³/mol. The van der Waals surface area contributed by atoms with Gasteiger partial charge in [0.25, 0.3) is 0 Å². The number of aromatic carboxylic acids is 1. The molecule has 0 aliphatic rings. The van der Waals surface area contributed by atoms with Crippen LogP contribution in [0.5, 0.6) is 0 Å². The van der Waals surface area contributed by atoms with Gasteiger partial charge < -0.3 is 9.52 Å². The highest BCUT2D eigenvalue weighted by molar-refractivity contribution is 6.00. The minimum absolute atomic E-state index is 0.153. The molecule has 1 N–H and O–H groups in total. The number of aryl methyl sites for hydroxylation is 1. The van der Waals surface area contributed by atoms with Crippen LogP contribution in [0.4, 0.5) is 0 Å². The van der Waals surface area contributed by atoms with E-state index < -0.39 is 5.97 Å². The van der Waals surface area contributed by atoms with Crippen LogP contribution in [-0.2, 0) is 0 Å². The fourth-order valence-electron chi connectivity index (χ4n) is 2.02. The number of nitrogens with zero attached hydrogens (tertiary/aromatic N) is 1. The number of oxazole rings is 1. The van der Waals surface area contributed by atoms with Crippen LogP contribution in [0.15, 0.2) is 46.9 Å². The van der Waals surface area contributed by atoms with E-state index >= 15 is 0 Å². The summed E-state index contributed by atoms with van der Waals surface area (Å²) in [6.07, 6.45) is 0. The first kappa shape index (κ1) is 11.5. The largest absolute Gasteiger partial charge is 0.478 e. The Labute approximate surface area is 109 Å². The van der Waals surface area contributed by atoms with E-state index in [9.17, 15) is 4.79 Å². The van der Waals surface area contributed by atoms with Gasteiger partial charge in [0.15, 0.2) is 5.58 Å². The lowest BCUT2D eigenvalue weighted by molar-refractivity contribution is 0.0699. The van der Waals surface area contributed by atoms with Crippen LogP contribution in [0.2, 0.25) is 0 Å². The molecule has 0 atom stereocenters. The van der Waals surface area contributed by atoms with Gasteiger partial charge in [-0.25, -0.2) is 9.78 Å². The van der Waals surface area contributed by atoms with Gasteiger partial charge in [0.2, 0.25) is 5.89 Å². The van der Waals surface area contributed by atoms with Crippen LogP contribution in [0, 0.1) is 6.92 Å². The zero-order valence-electron chi connectivity index (χ0n) is 10.3. The summed E-state index contributed by atoms with van der Waals surface area (Å²) in [5, 5.41) is 9.13. The topological polar surface area (TPSA) is 63.3 Å². The molecule has 4 heteroatoms. The number of aromatic nitrogens is 1. The number of fused-ring (bicyclic) bond motifs is 1. The summed E-state index contributed by atoms with van der Waals surface area (Å²) in [6, 6.07) is 12.6. The second kappa shape index (κ2) is 4.24. The third-order valence-corrected chi connectivity index (χ3v) is 2.91. The molecule has 19 heavy (non-hydrogen) atoms. The Hall–Kier alpha value is -2.62. The van der Waals surface area contributed by atoms with E-state index in [4.69, 9.17) is 9.52 Å².